The van der Waals surface area contributed by atoms with Gasteiger partial charge in [0.05, 0.1) is 25.0 Å². The zero-order valence-corrected chi connectivity index (χ0v) is 20.4. The molecule has 2 heterocycles. The molecule has 1 aromatic carbocycles. The Morgan fingerprint density at radius 3 is 2.70 bits per heavy atom. The number of ether oxygens (including phenoxy) is 4. The number of carbonyl (C=O) groups excluding carboxylic acids is 3. The Morgan fingerprint density at radius 1 is 1.14 bits per heavy atom. The summed E-state index contributed by atoms with van der Waals surface area (Å²) in [7, 11) is 0. The van der Waals surface area contributed by atoms with Crippen molar-refractivity contribution in [2.24, 2.45) is 0 Å². The van der Waals surface area contributed by atoms with Crippen LogP contribution in [0.15, 0.2) is 42.2 Å². The molecule has 0 radical (unpaired) electrons. The normalized spacial score (nSPS) is 25.0. The van der Waals surface area contributed by atoms with Crippen LogP contribution in [0.25, 0.3) is 6.08 Å². The minimum absolute atomic E-state index is 0.0244. The highest BCUT2D eigenvalue weighted by Crippen LogP contribution is 2.33. The molecule has 4 rings (SSSR count). The van der Waals surface area contributed by atoms with Gasteiger partial charge in [0.25, 0.3) is 0 Å². The highest BCUT2D eigenvalue weighted by Gasteiger charge is 2.44. The fourth-order valence-electron chi connectivity index (χ4n) is 4.66. The third-order valence-corrected chi connectivity index (χ3v) is 6.47. The number of aliphatic hydroxyl groups excluding tert-OH is 2. The molecule has 200 valence electrons. The first-order valence-electron chi connectivity index (χ1n) is 12.4. The number of amides is 2. The van der Waals surface area contributed by atoms with Gasteiger partial charge in [0.15, 0.2) is 0 Å². The van der Waals surface area contributed by atoms with Gasteiger partial charge in [0.2, 0.25) is 11.8 Å². The monoisotopic (exact) mass is 516 g/mol. The van der Waals surface area contributed by atoms with Crippen molar-refractivity contribution in [3.63, 3.8) is 0 Å². The van der Waals surface area contributed by atoms with Crippen LogP contribution in [-0.4, -0.2) is 97.0 Å². The number of esters is 1. The van der Waals surface area contributed by atoms with E-state index in [1.54, 1.807) is 36.4 Å². The van der Waals surface area contributed by atoms with Gasteiger partial charge in [0.1, 0.15) is 37.8 Å². The predicted octanol–water partition coefficient (Wildman–Crippen LogP) is 0.363. The SMILES string of the molecule is O=C(OC1CC(C(=O)N2CCCC2C(=O)NCCO)=CC2OCOC21)c1ccc(C=COCCO)cc1. The van der Waals surface area contributed by atoms with Crippen LogP contribution in [0.2, 0.25) is 0 Å². The van der Waals surface area contributed by atoms with Crippen LogP contribution in [0.3, 0.4) is 0 Å². The molecule has 0 spiro atoms. The molecule has 1 aliphatic carbocycles. The molecule has 11 nitrogen and oxygen atoms in total. The zero-order valence-electron chi connectivity index (χ0n) is 20.4. The Balaban J connectivity index is 1.41. The number of benzene rings is 1. The van der Waals surface area contributed by atoms with Gasteiger partial charge < -0.3 is 39.4 Å². The summed E-state index contributed by atoms with van der Waals surface area (Å²) in [5.41, 5.74) is 1.56. The number of likely N-dealkylation sites (tertiary alicyclic amines) is 1. The highest BCUT2D eigenvalue weighted by atomic mass is 16.7. The molecule has 37 heavy (non-hydrogen) atoms. The summed E-state index contributed by atoms with van der Waals surface area (Å²) in [5.74, 6) is -1.14. The van der Waals surface area contributed by atoms with Crippen LogP contribution < -0.4 is 5.32 Å². The Hall–Kier alpha value is -3.25. The third kappa shape index (κ3) is 6.55. The number of nitrogens with one attached hydrogen (secondary N) is 1. The van der Waals surface area contributed by atoms with Crippen LogP contribution in [-0.2, 0) is 28.5 Å². The molecular weight excluding hydrogens is 484 g/mol. The second-order valence-electron chi connectivity index (χ2n) is 8.91. The van der Waals surface area contributed by atoms with Gasteiger partial charge in [-0.3, -0.25) is 9.59 Å². The summed E-state index contributed by atoms with van der Waals surface area (Å²) in [6.07, 6.45) is 4.44. The van der Waals surface area contributed by atoms with E-state index in [1.165, 1.54) is 11.2 Å². The lowest BCUT2D eigenvalue weighted by molar-refractivity contribution is -0.136. The minimum Gasteiger partial charge on any atom is -0.499 e. The second kappa shape index (κ2) is 12.8. The molecule has 0 aromatic heterocycles. The molecule has 4 atom stereocenters. The molecule has 3 aliphatic rings. The van der Waals surface area contributed by atoms with Gasteiger partial charge in [0, 0.05) is 25.1 Å². The van der Waals surface area contributed by atoms with E-state index >= 15 is 0 Å². The van der Waals surface area contributed by atoms with E-state index in [-0.39, 0.29) is 51.4 Å². The number of hydrogen-bond acceptors (Lipinski definition) is 9. The summed E-state index contributed by atoms with van der Waals surface area (Å²) in [6, 6.07) is 6.11. The summed E-state index contributed by atoms with van der Waals surface area (Å²) in [5, 5.41) is 20.4. The summed E-state index contributed by atoms with van der Waals surface area (Å²) < 4.78 is 22.1. The maximum atomic E-state index is 13.4. The molecule has 1 aromatic rings. The Bertz CT molecular complexity index is 1020. The van der Waals surface area contributed by atoms with Crippen molar-refractivity contribution >= 4 is 23.9 Å². The van der Waals surface area contributed by atoms with Crippen molar-refractivity contribution in [3.05, 3.63) is 53.3 Å². The predicted molar refractivity (Wildman–Crippen MR) is 130 cm³/mol. The lowest BCUT2D eigenvalue weighted by Crippen LogP contribution is -2.49. The third-order valence-electron chi connectivity index (χ3n) is 6.47. The largest absolute Gasteiger partial charge is 0.499 e. The van der Waals surface area contributed by atoms with E-state index < -0.39 is 30.3 Å². The van der Waals surface area contributed by atoms with Gasteiger partial charge >= 0.3 is 5.97 Å². The molecule has 0 saturated carbocycles. The summed E-state index contributed by atoms with van der Waals surface area (Å²) >= 11 is 0. The second-order valence-corrected chi connectivity index (χ2v) is 8.91. The van der Waals surface area contributed by atoms with Crippen molar-refractivity contribution in [1.29, 1.82) is 0 Å². The van der Waals surface area contributed by atoms with Crippen LogP contribution in [0.4, 0.5) is 0 Å². The fourth-order valence-corrected chi connectivity index (χ4v) is 4.66. The Kier molecular flexibility index (Phi) is 9.29. The van der Waals surface area contributed by atoms with Crippen LogP contribution in [0, 0.1) is 0 Å². The average Bonchev–Trinajstić information content (AvgIpc) is 3.60. The number of hydrogen-bond donors (Lipinski definition) is 3. The molecule has 2 amide bonds. The number of carbonyl (C=O) groups is 3. The van der Waals surface area contributed by atoms with Gasteiger partial charge in [-0.1, -0.05) is 12.1 Å². The molecule has 3 N–H and O–H groups in total. The maximum Gasteiger partial charge on any atom is 0.338 e. The molecular formula is C26H32N2O9. The lowest BCUT2D eigenvalue weighted by Gasteiger charge is -2.32. The van der Waals surface area contributed by atoms with Crippen molar-refractivity contribution in [1.82, 2.24) is 10.2 Å². The van der Waals surface area contributed by atoms with Gasteiger partial charge in [-0.15, -0.1) is 0 Å². The molecule has 2 fully saturated rings. The first-order chi connectivity index (χ1) is 18.0. The van der Waals surface area contributed by atoms with Crippen LogP contribution >= 0.6 is 0 Å². The van der Waals surface area contributed by atoms with E-state index in [2.05, 4.69) is 5.32 Å². The van der Waals surface area contributed by atoms with Crippen LogP contribution in [0.5, 0.6) is 0 Å². The lowest BCUT2D eigenvalue weighted by atomic mass is 9.91. The molecule has 0 bridgehead atoms. The van der Waals surface area contributed by atoms with E-state index in [1.807, 2.05) is 0 Å². The van der Waals surface area contributed by atoms with Crippen molar-refractivity contribution in [2.45, 2.75) is 43.6 Å². The molecule has 4 unspecified atom stereocenters. The zero-order chi connectivity index (χ0) is 26.2. The standard InChI is InChI=1S/C26H32N2O9/c29-10-8-27-24(31)20-2-1-9-28(20)25(32)19-14-21-23(36-16-35-21)22(15-19)37-26(33)18-5-3-17(4-6-18)7-12-34-13-11-30/h3-7,12,14,20-23,29-30H,1-2,8-11,13,15-16H2,(H,27,31). The van der Waals surface area contributed by atoms with Crippen molar-refractivity contribution in [3.8, 4) is 0 Å². The smallest absolute Gasteiger partial charge is 0.338 e. The number of rotatable bonds is 10. The van der Waals surface area contributed by atoms with Gasteiger partial charge in [-0.2, -0.15) is 0 Å². The minimum atomic E-state index is -0.736. The quantitative estimate of drug-likeness (QED) is 0.228. The van der Waals surface area contributed by atoms with E-state index in [4.69, 9.17) is 29.2 Å². The van der Waals surface area contributed by atoms with Gasteiger partial charge in [-0.05, 0) is 42.7 Å². The Labute approximate surface area is 214 Å². The van der Waals surface area contributed by atoms with Gasteiger partial charge in [-0.25, -0.2) is 4.79 Å². The first-order valence-corrected chi connectivity index (χ1v) is 12.4. The Morgan fingerprint density at radius 2 is 1.95 bits per heavy atom. The number of nitrogens with zero attached hydrogens (tertiary/aromatic N) is 1. The van der Waals surface area contributed by atoms with E-state index in [0.29, 0.717) is 30.5 Å². The highest BCUT2D eigenvalue weighted by molar-refractivity contribution is 5.98. The number of fused-ring (bicyclic) bond motifs is 1. The summed E-state index contributed by atoms with van der Waals surface area (Å²) in [6.45, 7) is 0.537. The van der Waals surface area contributed by atoms with Crippen molar-refractivity contribution < 1.29 is 43.5 Å². The number of aliphatic hydroxyl groups is 2. The average molecular weight is 517 g/mol. The molecule has 2 saturated heterocycles. The topological polar surface area (TPSA) is 144 Å². The first kappa shape index (κ1) is 26.8. The molecule has 2 aliphatic heterocycles. The fraction of sp³-hybridized carbons (Fsp3) is 0.500. The summed E-state index contributed by atoms with van der Waals surface area (Å²) in [4.78, 5) is 40.3. The van der Waals surface area contributed by atoms with E-state index in [9.17, 15) is 14.4 Å². The van der Waals surface area contributed by atoms with Crippen molar-refractivity contribution in [2.75, 3.05) is 39.7 Å². The molecule has 11 heteroatoms. The van der Waals surface area contributed by atoms with E-state index in [0.717, 1.165) is 5.56 Å². The van der Waals surface area contributed by atoms with Crippen LogP contribution in [0.1, 0.15) is 35.2 Å². The maximum absolute atomic E-state index is 13.4.